The second kappa shape index (κ2) is 10.8. The Balaban J connectivity index is 1.91. The van der Waals surface area contributed by atoms with Crippen molar-refractivity contribution in [2.24, 2.45) is 10.9 Å². The van der Waals surface area contributed by atoms with Crippen molar-refractivity contribution in [3.8, 4) is 0 Å². The second-order valence-corrected chi connectivity index (χ2v) is 7.96. The summed E-state index contributed by atoms with van der Waals surface area (Å²) in [5, 5.41) is 9.03. The topological polar surface area (TPSA) is 48.9 Å². The Morgan fingerprint density at radius 3 is 2.64 bits per heavy atom. The molecule has 0 radical (unpaired) electrons. The van der Waals surface area contributed by atoms with Crippen LogP contribution in [0.4, 0.5) is 0 Å². The van der Waals surface area contributed by atoms with Crippen LogP contribution in [0.1, 0.15) is 38.5 Å². The van der Waals surface area contributed by atoms with Crippen molar-refractivity contribution < 1.29 is 4.74 Å². The van der Waals surface area contributed by atoms with E-state index in [0.717, 1.165) is 51.9 Å². The largest absolute Gasteiger partial charge is 0.379 e. The summed E-state index contributed by atoms with van der Waals surface area (Å²) in [5.74, 6) is 1.99. The molecule has 1 saturated heterocycles. The molecular weight excluding hydrogens is 332 g/mol. The lowest BCUT2D eigenvalue weighted by atomic mass is 10.0. The van der Waals surface area contributed by atoms with Crippen LogP contribution < -0.4 is 10.6 Å². The van der Waals surface area contributed by atoms with Crippen LogP contribution >= 0.6 is 11.3 Å². The monoisotopic (exact) mass is 366 g/mol. The number of guanidine groups is 1. The number of rotatable bonds is 8. The van der Waals surface area contributed by atoms with Gasteiger partial charge in [0.2, 0.25) is 0 Å². The lowest BCUT2D eigenvalue weighted by molar-refractivity contribution is 0.00867. The first-order valence-corrected chi connectivity index (χ1v) is 10.4. The highest BCUT2D eigenvalue weighted by atomic mass is 32.1. The minimum atomic E-state index is 0.467. The molecule has 5 nitrogen and oxygen atoms in total. The fourth-order valence-electron chi connectivity index (χ4n) is 3.11. The molecule has 1 aliphatic rings. The van der Waals surface area contributed by atoms with Crippen LogP contribution in [0.2, 0.25) is 0 Å². The van der Waals surface area contributed by atoms with E-state index in [2.05, 4.69) is 60.7 Å². The molecule has 0 amide bonds. The molecule has 2 rings (SSSR count). The van der Waals surface area contributed by atoms with Gasteiger partial charge in [0.1, 0.15) is 0 Å². The fraction of sp³-hybridized carbons (Fsp3) is 0.737. The molecule has 1 aromatic heterocycles. The second-order valence-electron chi connectivity index (χ2n) is 6.98. The summed E-state index contributed by atoms with van der Waals surface area (Å²) in [6, 6.07) is 4.79. The van der Waals surface area contributed by atoms with Crippen LogP contribution in [0.3, 0.4) is 0 Å². The number of aliphatic imine (C=N–C) groups is 1. The molecule has 0 saturated carbocycles. The Morgan fingerprint density at radius 2 is 2.04 bits per heavy atom. The van der Waals surface area contributed by atoms with Crippen molar-refractivity contribution in [1.29, 1.82) is 0 Å². The summed E-state index contributed by atoms with van der Waals surface area (Å²) < 4.78 is 5.49. The molecule has 142 valence electrons. The molecule has 2 heterocycles. The van der Waals surface area contributed by atoms with Gasteiger partial charge in [-0.2, -0.15) is 0 Å². The van der Waals surface area contributed by atoms with Gasteiger partial charge >= 0.3 is 0 Å². The predicted octanol–water partition coefficient (Wildman–Crippen LogP) is 2.76. The van der Waals surface area contributed by atoms with E-state index in [1.165, 1.54) is 4.88 Å². The highest BCUT2D eigenvalue weighted by Crippen LogP contribution is 2.19. The van der Waals surface area contributed by atoms with Gasteiger partial charge in [-0.25, -0.2) is 0 Å². The summed E-state index contributed by atoms with van der Waals surface area (Å²) >= 11 is 1.82. The minimum Gasteiger partial charge on any atom is -0.379 e. The van der Waals surface area contributed by atoms with Crippen LogP contribution in [0.25, 0.3) is 0 Å². The Bertz CT molecular complexity index is 498. The summed E-state index contributed by atoms with van der Waals surface area (Å²) in [6.45, 7) is 15.2. The number of thiophene rings is 1. The molecule has 1 aliphatic heterocycles. The van der Waals surface area contributed by atoms with E-state index in [1.807, 2.05) is 11.3 Å². The number of hydrogen-bond acceptors (Lipinski definition) is 4. The van der Waals surface area contributed by atoms with Gasteiger partial charge in [0, 0.05) is 43.0 Å². The Hall–Kier alpha value is -1.11. The molecule has 0 spiro atoms. The number of nitrogens with one attached hydrogen (secondary N) is 2. The van der Waals surface area contributed by atoms with Crippen molar-refractivity contribution in [1.82, 2.24) is 15.5 Å². The third-order valence-corrected chi connectivity index (χ3v) is 5.77. The maximum atomic E-state index is 5.49. The van der Waals surface area contributed by atoms with E-state index in [1.54, 1.807) is 0 Å². The molecule has 0 aromatic carbocycles. The average molecular weight is 367 g/mol. The van der Waals surface area contributed by atoms with Crippen LogP contribution in [-0.4, -0.2) is 62.8 Å². The first kappa shape index (κ1) is 20.2. The smallest absolute Gasteiger partial charge is 0.191 e. The van der Waals surface area contributed by atoms with E-state index in [9.17, 15) is 0 Å². The Labute approximate surface area is 156 Å². The number of morpholine rings is 1. The van der Waals surface area contributed by atoms with Gasteiger partial charge in [0.25, 0.3) is 0 Å². The third kappa shape index (κ3) is 6.60. The zero-order valence-electron chi connectivity index (χ0n) is 16.1. The van der Waals surface area contributed by atoms with Gasteiger partial charge < -0.3 is 15.4 Å². The quantitative estimate of drug-likeness (QED) is 0.549. The van der Waals surface area contributed by atoms with Gasteiger partial charge in [-0.3, -0.25) is 9.89 Å². The molecule has 1 aromatic rings. The lowest BCUT2D eigenvalue weighted by Crippen LogP contribution is -2.48. The van der Waals surface area contributed by atoms with Crippen LogP contribution in [0.5, 0.6) is 0 Å². The molecule has 2 N–H and O–H groups in total. The van der Waals surface area contributed by atoms with Gasteiger partial charge in [0.15, 0.2) is 5.96 Å². The van der Waals surface area contributed by atoms with E-state index < -0.39 is 0 Å². The van der Waals surface area contributed by atoms with Crippen molar-refractivity contribution >= 4 is 17.3 Å². The molecule has 0 aliphatic carbocycles. The Kier molecular flexibility index (Phi) is 8.72. The van der Waals surface area contributed by atoms with Crippen LogP contribution in [-0.2, 0) is 4.74 Å². The summed E-state index contributed by atoms with van der Waals surface area (Å²) in [5.41, 5.74) is 0. The maximum Gasteiger partial charge on any atom is 0.191 e. The number of nitrogens with zero attached hydrogens (tertiary/aromatic N) is 2. The maximum absolute atomic E-state index is 5.49. The van der Waals surface area contributed by atoms with E-state index in [4.69, 9.17) is 9.73 Å². The highest BCUT2D eigenvalue weighted by molar-refractivity contribution is 7.10. The highest BCUT2D eigenvalue weighted by Gasteiger charge is 2.23. The van der Waals surface area contributed by atoms with E-state index >= 15 is 0 Å². The molecule has 0 bridgehead atoms. The van der Waals surface area contributed by atoms with Crippen molar-refractivity contribution in [2.45, 2.75) is 39.7 Å². The van der Waals surface area contributed by atoms with Gasteiger partial charge in [-0.1, -0.05) is 26.8 Å². The number of hydrogen-bond donors (Lipinski definition) is 2. The zero-order valence-corrected chi connectivity index (χ0v) is 16.9. The van der Waals surface area contributed by atoms with Gasteiger partial charge in [0.05, 0.1) is 19.8 Å². The van der Waals surface area contributed by atoms with Crippen molar-refractivity contribution in [3.63, 3.8) is 0 Å². The van der Waals surface area contributed by atoms with Crippen molar-refractivity contribution in [2.75, 3.05) is 45.9 Å². The molecule has 2 unspecified atom stereocenters. The standard InChI is InChI=1S/C19H34N4OS/c1-5-20-19(21-13-16(4)18-7-6-12-25-18)22-14-17(15(2)3)23-8-10-24-11-9-23/h6-7,12,15-17H,5,8-11,13-14H2,1-4H3,(H2,20,21,22). The minimum absolute atomic E-state index is 0.467. The SMILES string of the molecule is CCNC(=NCC(C(C)C)N1CCOCC1)NCC(C)c1cccs1. The summed E-state index contributed by atoms with van der Waals surface area (Å²) in [6.07, 6.45) is 0. The van der Waals surface area contributed by atoms with E-state index in [0.29, 0.717) is 17.9 Å². The van der Waals surface area contributed by atoms with Crippen molar-refractivity contribution in [3.05, 3.63) is 22.4 Å². The molecular formula is C19H34N4OS. The molecule has 25 heavy (non-hydrogen) atoms. The molecule has 1 fully saturated rings. The van der Waals surface area contributed by atoms with Crippen LogP contribution in [0.15, 0.2) is 22.5 Å². The Morgan fingerprint density at radius 1 is 1.28 bits per heavy atom. The third-order valence-electron chi connectivity index (χ3n) is 4.67. The van der Waals surface area contributed by atoms with Gasteiger partial charge in [-0.15, -0.1) is 11.3 Å². The molecule has 6 heteroatoms. The van der Waals surface area contributed by atoms with Crippen LogP contribution in [0, 0.1) is 5.92 Å². The molecule has 2 atom stereocenters. The van der Waals surface area contributed by atoms with E-state index in [-0.39, 0.29) is 0 Å². The summed E-state index contributed by atoms with van der Waals surface area (Å²) in [4.78, 5) is 8.82. The fourth-order valence-corrected chi connectivity index (χ4v) is 3.89. The lowest BCUT2D eigenvalue weighted by Gasteiger charge is -2.36. The predicted molar refractivity (Wildman–Crippen MR) is 108 cm³/mol. The number of ether oxygens (including phenoxy) is 1. The van der Waals surface area contributed by atoms with Gasteiger partial charge in [-0.05, 0) is 24.3 Å². The first-order valence-electron chi connectivity index (χ1n) is 9.49. The average Bonchev–Trinajstić information content (AvgIpc) is 3.15. The zero-order chi connectivity index (χ0) is 18.1. The normalized spacial score (nSPS) is 19.0. The summed E-state index contributed by atoms with van der Waals surface area (Å²) in [7, 11) is 0. The first-order chi connectivity index (χ1) is 12.1.